The van der Waals surface area contributed by atoms with Gasteiger partial charge in [0, 0.05) is 24.4 Å². The van der Waals surface area contributed by atoms with E-state index in [1.54, 1.807) is 43.5 Å². The van der Waals surface area contributed by atoms with Gasteiger partial charge < -0.3 is 19.6 Å². The van der Waals surface area contributed by atoms with Crippen LogP contribution in [-0.2, 0) is 14.3 Å². The summed E-state index contributed by atoms with van der Waals surface area (Å²) in [4.78, 5) is 22.2. The minimum atomic E-state index is -0.455. The molecule has 0 spiro atoms. The smallest absolute Gasteiger partial charge is 0.342 e. The van der Waals surface area contributed by atoms with Gasteiger partial charge in [-0.15, -0.1) is 0 Å². The van der Waals surface area contributed by atoms with Gasteiger partial charge in [-0.25, -0.2) is 10.2 Å². The molecular weight excluding hydrogens is 366 g/mol. The monoisotopic (exact) mass is 385 g/mol. The summed E-state index contributed by atoms with van der Waals surface area (Å²) in [5.74, 6) is 0.675. The largest absolute Gasteiger partial charge is 0.497 e. The van der Waals surface area contributed by atoms with E-state index in [0.717, 1.165) is 0 Å². The standard InChI is InChI=1S/C19H19N3O6/c1-26-16-4-2-3-13(11-16)18-17(12-28-19(18)23)27-10-9-20-21-14-5-7-15(8-6-14)22(24)25/h2-8,11,20-21H,9-10,12H2,1H3. The normalized spacial score (nSPS) is 13.2. The first kappa shape index (κ1) is 19.2. The molecular formula is C19H19N3O6. The van der Waals surface area contributed by atoms with Crippen molar-refractivity contribution in [1.29, 1.82) is 0 Å². The molecule has 146 valence electrons. The van der Waals surface area contributed by atoms with Crippen LogP contribution < -0.4 is 15.6 Å². The molecule has 0 atom stereocenters. The lowest BCUT2D eigenvalue weighted by atomic mass is 10.1. The number of nitro benzene ring substituents is 1. The Bertz CT molecular complexity index is 895. The summed E-state index contributed by atoms with van der Waals surface area (Å²) in [5, 5.41) is 10.6. The van der Waals surface area contributed by atoms with E-state index in [-0.39, 0.29) is 12.3 Å². The van der Waals surface area contributed by atoms with Gasteiger partial charge in [-0.2, -0.15) is 0 Å². The van der Waals surface area contributed by atoms with E-state index in [0.29, 0.717) is 41.5 Å². The Morgan fingerprint density at radius 3 is 2.71 bits per heavy atom. The van der Waals surface area contributed by atoms with E-state index in [1.165, 1.54) is 12.1 Å². The minimum absolute atomic E-state index is 0.0248. The summed E-state index contributed by atoms with van der Waals surface area (Å²) >= 11 is 0. The number of hydrazine groups is 1. The van der Waals surface area contributed by atoms with E-state index < -0.39 is 10.9 Å². The van der Waals surface area contributed by atoms with Crippen LogP contribution >= 0.6 is 0 Å². The van der Waals surface area contributed by atoms with Gasteiger partial charge in [0.25, 0.3) is 5.69 Å². The quantitative estimate of drug-likeness (QED) is 0.293. The summed E-state index contributed by atoms with van der Waals surface area (Å²) < 4.78 is 16.0. The fraction of sp³-hybridized carbons (Fsp3) is 0.211. The van der Waals surface area contributed by atoms with Gasteiger partial charge in [-0.05, 0) is 29.8 Å². The van der Waals surface area contributed by atoms with Crippen LogP contribution in [0, 0.1) is 10.1 Å². The lowest BCUT2D eigenvalue weighted by molar-refractivity contribution is -0.384. The van der Waals surface area contributed by atoms with Crippen LogP contribution in [0.4, 0.5) is 11.4 Å². The number of non-ortho nitro benzene ring substituents is 1. The average Bonchev–Trinajstić information content (AvgIpc) is 3.08. The number of ether oxygens (including phenoxy) is 3. The van der Waals surface area contributed by atoms with Crippen LogP contribution in [0.5, 0.6) is 5.75 Å². The number of nitrogens with zero attached hydrogens (tertiary/aromatic N) is 1. The van der Waals surface area contributed by atoms with Crippen LogP contribution in [0.3, 0.4) is 0 Å². The molecule has 1 aliphatic rings. The predicted molar refractivity (Wildman–Crippen MR) is 102 cm³/mol. The number of carbonyl (C=O) groups excluding carboxylic acids is 1. The topological polar surface area (TPSA) is 112 Å². The molecule has 0 unspecified atom stereocenters. The number of carbonyl (C=O) groups is 1. The van der Waals surface area contributed by atoms with Crippen LogP contribution in [0.25, 0.3) is 5.57 Å². The lowest BCUT2D eigenvalue weighted by Gasteiger charge is -2.11. The Balaban J connectivity index is 1.53. The summed E-state index contributed by atoms with van der Waals surface area (Å²) in [6.45, 7) is 0.806. The highest BCUT2D eigenvalue weighted by Crippen LogP contribution is 2.29. The number of anilines is 1. The van der Waals surface area contributed by atoms with E-state index in [2.05, 4.69) is 10.9 Å². The fourth-order valence-electron chi connectivity index (χ4n) is 2.62. The molecule has 0 aromatic heterocycles. The molecule has 2 aromatic carbocycles. The number of hydrogen-bond acceptors (Lipinski definition) is 8. The second kappa shape index (κ2) is 8.87. The first-order valence-corrected chi connectivity index (χ1v) is 8.49. The van der Waals surface area contributed by atoms with Gasteiger partial charge in [0.15, 0.2) is 0 Å². The molecule has 28 heavy (non-hydrogen) atoms. The van der Waals surface area contributed by atoms with Crippen molar-refractivity contribution in [2.75, 3.05) is 32.3 Å². The average molecular weight is 385 g/mol. The van der Waals surface area contributed by atoms with Crippen LogP contribution in [-0.4, -0.2) is 37.8 Å². The highest BCUT2D eigenvalue weighted by molar-refractivity contribution is 6.19. The summed E-state index contributed by atoms with van der Waals surface area (Å²) in [6.07, 6.45) is 0. The zero-order valence-electron chi connectivity index (χ0n) is 15.1. The highest BCUT2D eigenvalue weighted by atomic mass is 16.6. The molecule has 9 heteroatoms. The molecule has 0 saturated heterocycles. The number of benzene rings is 2. The van der Waals surface area contributed by atoms with E-state index in [1.807, 2.05) is 0 Å². The lowest BCUT2D eigenvalue weighted by Crippen LogP contribution is -2.26. The number of nitrogens with one attached hydrogen (secondary N) is 2. The van der Waals surface area contributed by atoms with Crippen LogP contribution in [0.2, 0.25) is 0 Å². The van der Waals surface area contributed by atoms with Crippen molar-refractivity contribution in [3.8, 4) is 5.75 Å². The molecule has 0 bridgehead atoms. The summed E-state index contributed by atoms with van der Waals surface area (Å²) in [5.41, 5.74) is 7.64. The molecule has 0 saturated carbocycles. The number of esters is 1. The molecule has 9 nitrogen and oxygen atoms in total. The first-order valence-electron chi connectivity index (χ1n) is 8.49. The fourth-order valence-corrected chi connectivity index (χ4v) is 2.62. The van der Waals surface area contributed by atoms with Gasteiger partial charge in [0.05, 0.1) is 12.0 Å². The number of rotatable bonds is 9. The molecule has 0 aliphatic carbocycles. The van der Waals surface area contributed by atoms with E-state index in [9.17, 15) is 14.9 Å². The van der Waals surface area contributed by atoms with Gasteiger partial charge in [-0.1, -0.05) is 12.1 Å². The molecule has 2 aromatic rings. The second-order valence-electron chi connectivity index (χ2n) is 5.81. The van der Waals surface area contributed by atoms with Gasteiger partial charge in [0.1, 0.15) is 30.3 Å². The third kappa shape index (κ3) is 4.57. The SMILES string of the molecule is COc1cccc(C2=C(OCCNNc3ccc([N+](=O)[O-])cc3)COC2=O)c1. The molecule has 1 aliphatic heterocycles. The first-order chi connectivity index (χ1) is 13.6. The zero-order valence-corrected chi connectivity index (χ0v) is 15.1. The molecule has 0 fully saturated rings. The maximum absolute atomic E-state index is 12.1. The molecule has 3 rings (SSSR count). The minimum Gasteiger partial charge on any atom is -0.497 e. The Morgan fingerprint density at radius 2 is 2.00 bits per heavy atom. The Morgan fingerprint density at radius 1 is 1.21 bits per heavy atom. The van der Waals surface area contributed by atoms with Crippen LogP contribution in [0.15, 0.2) is 54.3 Å². The molecule has 2 N–H and O–H groups in total. The Hall–Kier alpha value is -3.59. The molecule has 0 radical (unpaired) electrons. The zero-order chi connectivity index (χ0) is 19.9. The van der Waals surface area contributed by atoms with Crippen molar-refractivity contribution in [3.05, 3.63) is 70.0 Å². The number of cyclic esters (lactones) is 1. The maximum Gasteiger partial charge on any atom is 0.342 e. The van der Waals surface area contributed by atoms with Crippen molar-refractivity contribution < 1.29 is 23.9 Å². The van der Waals surface area contributed by atoms with Crippen molar-refractivity contribution in [2.45, 2.75) is 0 Å². The second-order valence-corrected chi connectivity index (χ2v) is 5.81. The summed E-state index contributed by atoms with van der Waals surface area (Å²) in [6, 6.07) is 13.1. The summed E-state index contributed by atoms with van der Waals surface area (Å²) in [7, 11) is 1.56. The molecule has 1 heterocycles. The van der Waals surface area contributed by atoms with Gasteiger partial charge >= 0.3 is 5.97 Å². The van der Waals surface area contributed by atoms with Gasteiger partial charge in [0.2, 0.25) is 0 Å². The molecule has 0 amide bonds. The van der Waals surface area contributed by atoms with E-state index >= 15 is 0 Å². The number of nitro groups is 1. The van der Waals surface area contributed by atoms with Crippen molar-refractivity contribution in [3.63, 3.8) is 0 Å². The van der Waals surface area contributed by atoms with Gasteiger partial charge in [-0.3, -0.25) is 10.1 Å². The number of methoxy groups -OCH3 is 1. The highest BCUT2D eigenvalue weighted by Gasteiger charge is 2.28. The maximum atomic E-state index is 12.1. The predicted octanol–water partition coefficient (Wildman–Crippen LogP) is 2.50. The third-order valence-corrected chi connectivity index (χ3v) is 3.99. The Labute approximate surface area is 161 Å². The van der Waals surface area contributed by atoms with Crippen molar-refractivity contribution >= 4 is 22.9 Å². The number of hydrogen-bond donors (Lipinski definition) is 2. The van der Waals surface area contributed by atoms with Crippen molar-refractivity contribution in [2.24, 2.45) is 0 Å². The Kier molecular flexibility index (Phi) is 6.07. The van der Waals surface area contributed by atoms with E-state index in [4.69, 9.17) is 14.2 Å². The third-order valence-electron chi connectivity index (χ3n) is 3.99. The van der Waals surface area contributed by atoms with Crippen LogP contribution in [0.1, 0.15) is 5.56 Å². The van der Waals surface area contributed by atoms with Crippen molar-refractivity contribution in [1.82, 2.24) is 5.43 Å².